The largest absolute Gasteiger partial charge is 0.484 e. The van der Waals surface area contributed by atoms with Gasteiger partial charge in [-0.15, -0.1) is 0 Å². The molecule has 5 nitrogen and oxygen atoms in total. The van der Waals surface area contributed by atoms with Gasteiger partial charge in [-0.25, -0.2) is 0 Å². The maximum Gasteiger partial charge on any atom is 0.261 e. The van der Waals surface area contributed by atoms with E-state index in [2.05, 4.69) is 12.2 Å². The van der Waals surface area contributed by atoms with E-state index in [1.807, 2.05) is 56.3 Å². The lowest BCUT2D eigenvalue weighted by Gasteiger charge is -2.29. The molecule has 30 heavy (non-hydrogen) atoms. The Kier molecular flexibility index (Phi) is 9.18. The van der Waals surface area contributed by atoms with Crippen molar-refractivity contribution in [3.8, 4) is 5.75 Å². The van der Waals surface area contributed by atoms with Crippen LogP contribution in [-0.2, 0) is 22.6 Å². The minimum atomic E-state index is -0.654. The quantitative estimate of drug-likeness (QED) is 0.605. The molecule has 2 rings (SSSR count). The van der Waals surface area contributed by atoms with Gasteiger partial charge < -0.3 is 15.0 Å². The Bertz CT molecular complexity index is 837. The molecule has 0 fully saturated rings. The lowest BCUT2D eigenvalue weighted by molar-refractivity contribution is -0.142. The minimum Gasteiger partial charge on any atom is -0.484 e. The zero-order chi connectivity index (χ0) is 22.1. The fourth-order valence-electron chi connectivity index (χ4n) is 2.89. The van der Waals surface area contributed by atoms with Crippen molar-refractivity contribution < 1.29 is 14.3 Å². The van der Waals surface area contributed by atoms with E-state index in [-0.39, 0.29) is 25.0 Å². The second kappa shape index (κ2) is 11.6. The molecule has 0 bridgehead atoms. The van der Waals surface area contributed by atoms with Gasteiger partial charge in [0.2, 0.25) is 5.91 Å². The van der Waals surface area contributed by atoms with Crippen molar-refractivity contribution >= 4 is 23.4 Å². The van der Waals surface area contributed by atoms with E-state index in [0.29, 0.717) is 23.2 Å². The molecule has 162 valence electrons. The van der Waals surface area contributed by atoms with Gasteiger partial charge in [0.25, 0.3) is 5.91 Å². The van der Waals surface area contributed by atoms with E-state index in [4.69, 9.17) is 16.3 Å². The number of halogens is 1. The van der Waals surface area contributed by atoms with Gasteiger partial charge in [0.05, 0.1) is 0 Å². The maximum atomic E-state index is 13.0. The van der Waals surface area contributed by atoms with E-state index in [9.17, 15) is 9.59 Å². The van der Waals surface area contributed by atoms with Gasteiger partial charge in [0.15, 0.2) is 6.61 Å². The summed E-state index contributed by atoms with van der Waals surface area (Å²) in [6.07, 6.45) is 0.938. The molecule has 2 aromatic carbocycles. The number of hydrogen-bond acceptors (Lipinski definition) is 3. The summed E-state index contributed by atoms with van der Waals surface area (Å²) in [6, 6.07) is 14.3. The van der Waals surface area contributed by atoms with Crippen LogP contribution in [0.4, 0.5) is 0 Å². The average Bonchev–Trinajstić information content (AvgIpc) is 2.75. The van der Waals surface area contributed by atoms with Crippen molar-refractivity contribution in [1.29, 1.82) is 0 Å². The van der Waals surface area contributed by atoms with Crippen LogP contribution in [0, 0.1) is 5.92 Å². The summed E-state index contributed by atoms with van der Waals surface area (Å²) in [5.41, 5.74) is 1.98. The topological polar surface area (TPSA) is 58.6 Å². The Morgan fingerprint density at radius 1 is 1.07 bits per heavy atom. The molecule has 2 amide bonds. The van der Waals surface area contributed by atoms with Crippen molar-refractivity contribution in [3.63, 3.8) is 0 Å². The van der Waals surface area contributed by atoms with Crippen LogP contribution in [0.2, 0.25) is 5.02 Å². The smallest absolute Gasteiger partial charge is 0.261 e. The zero-order valence-corrected chi connectivity index (χ0v) is 18.9. The predicted molar refractivity (Wildman–Crippen MR) is 121 cm³/mol. The SMILES string of the molecule is CCc1ccc(OCC(=O)N(Cc2ccccc2Cl)[C@H](C)C(=O)NCC(C)C)cc1. The fraction of sp³-hybridized carbons (Fsp3) is 0.417. The summed E-state index contributed by atoms with van der Waals surface area (Å²) in [4.78, 5) is 27.2. The van der Waals surface area contributed by atoms with E-state index in [1.54, 1.807) is 13.0 Å². The van der Waals surface area contributed by atoms with Gasteiger partial charge >= 0.3 is 0 Å². The Morgan fingerprint density at radius 2 is 1.73 bits per heavy atom. The molecule has 1 N–H and O–H groups in total. The number of nitrogens with one attached hydrogen (secondary N) is 1. The number of benzene rings is 2. The summed E-state index contributed by atoms with van der Waals surface area (Å²) >= 11 is 6.29. The molecule has 0 aromatic heterocycles. The van der Waals surface area contributed by atoms with Crippen LogP contribution in [0.3, 0.4) is 0 Å². The molecule has 6 heteroatoms. The Morgan fingerprint density at radius 3 is 2.33 bits per heavy atom. The van der Waals surface area contributed by atoms with Crippen molar-refractivity contribution in [2.24, 2.45) is 5.92 Å². The van der Waals surface area contributed by atoms with Crippen LogP contribution in [-0.4, -0.2) is 35.9 Å². The number of aryl methyl sites for hydroxylation is 1. The number of carbonyl (C=O) groups is 2. The molecule has 0 aliphatic carbocycles. The molecule has 2 aromatic rings. The number of rotatable bonds is 10. The lowest BCUT2D eigenvalue weighted by atomic mass is 10.1. The number of amides is 2. The predicted octanol–water partition coefficient (Wildman–Crippen LogP) is 4.47. The molecule has 0 aliphatic rings. The second-order valence-corrected chi connectivity index (χ2v) is 8.12. The minimum absolute atomic E-state index is 0.155. The van der Waals surface area contributed by atoms with E-state index in [1.165, 1.54) is 10.5 Å². The second-order valence-electron chi connectivity index (χ2n) is 7.71. The number of nitrogens with zero attached hydrogens (tertiary/aromatic N) is 1. The molecule has 0 unspecified atom stereocenters. The normalized spacial score (nSPS) is 11.8. The summed E-state index contributed by atoms with van der Waals surface area (Å²) < 4.78 is 5.69. The molecule has 0 spiro atoms. The molecule has 1 atom stereocenters. The Balaban J connectivity index is 2.12. The highest BCUT2D eigenvalue weighted by molar-refractivity contribution is 6.31. The van der Waals surface area contributed by atoms with Crippen molar-refractivity contribution in [2.45, 2.75) is 46.7 Å². The Labute approximate surface area is 184 Å². The van der Waals surface area contributed by atoms with Gasteiger partial charge in [-0.3, -0.25) is 9.59 Å². The Hall–Kier alpha value is -2.53. The molecule has 0 heterocycles. The summed E-state index contributed by atoms with van der Waals surface area (Å²) in [5.74, 6) is 0.469. The van der Waals surface area contributed by atoms with Crippen LogP contribution in [0.5, 0.6) is 5.75 Å². The zero-order valence-electron chi connectivity index (χ0n) is 18.2. The highest BCUT2D eigenvalue weighted by Gasteiger charge is 2.27. The van der Waals surface area contributed by atoms with Gasteiger partial charge in [0.1, 0.15) is 11.8 Å². The average molecular weight is 431 g/mol. The van der Waals surface area contributed by atoms with Gasteiger partial charge in [0, 0.05) is 18.1 Å². The highest BCUT2D eigenvalue weighted by Crippen LogP contribution is 2.19. The first-order valence-corrected chi connectivity index (χ1v) is 10.7. The van der Waals surface area contributed by atoms with Crippen LogP contribution in [0.1, 0.15) is 38.8 Å². The highest BCUT2D eigenvalue weighted by atomic mass is 35.5. The first-order valence-electron chi connectivity index (χ1n) is 10.3. The summed E-state index contributed by atoms with van der Waals surface area (Å²) in [6.45, 7) is 8.48. The van der Waals surface area contributed by atoms with Crippen molar-refractivity contribution in [3.05, 3.63) is 64.7 Å². The van der Waals surface area contributed by atoms with Crippen LogP contribution < -0.4 is 10.1 Å². The molecule has 0 radical (unpaired) electrons. The lowest BCUT2D eigenvalue weighted by Crippen LogP contribution is -2.49. The third kappa shape index (κ3) is 7.06. The van der Waals surface area contributed by atoms with Crippen LogP contribution >= 0.6 is 11.6 Å². The number of carbonyl (C=O) groups excluding carboxylic acids is 2. The summed E-state index contributed by atoms with van der Waals surface area (Å²) in [7, 11) is 0. The third-order valence-corrected chi connectivity index (χ3v) is 5.21. The standard InChI is InChI=1S/C24H31ClN2O3/c1-5-19-10-12-21(13-11-19)30-16-23(28)27(15-20-8-6-7-9-22(20)25)18(4)24(29)26-14-17(2)3/h6-13,17-18H,5,14-16H2,1-4H3,(H,26,29)/t18-/m1/s1. The molecular weight excluding hydrogens is 400 g/mol. The van der Waals surface area contributed by atoms with Gasteiger partial charge in [-0.2, -0.15) is 0 Å². The fourth-order valence-corrected chi connectivity index (χ4v) is 3.09. The van der Waals surface area contributed by atoms with Crippen molar-refractivity contribution in [2.75, 3.05) is 13.2 Å². The van der Waals surface area contributed by atoms with E-state index < -0.39 is 6.04 Å². The summed E-state index contributed by atoms with van der Waals surface area (Å²) in [5, 5.41) is 3.45. The third-order valence-electron chi connectivity index (χ3n) is 4.84. The van der Waals surface area contributed by atoms with Crippen molar-refractivity contribution in [1.82, 2.24) is 10.2 Å². The first-order chi connectivity index (χ1) is 14.3. The van der Waals surface area contributed by atoms with Crippen LogP contribution in [0.15, 0.2) is 48.5 Å². The molecular formula is C24H31ClN2O3. The first kappa shape index (κ1) is 23.7. The molecule has 0 saturated heterocycles. The molecule has 0 aliphatic heterocycles. The van der Waals surface area contributed by atoms with Crippen LogP contribution in [0.25, 0.3) is 0 Å². The van der Waals surface area contributed by atoms with Gasteiger partial charge in [-0.05, 0) is 48.6 Å². The monoisotopic (exact) mass is 430 g/mol. The number of hydrogen-bond donors (Lipinski definition) is 1. The maximum absolute atomic E-state index is 13.0. The van der Waals surface area contributed by atoms with E-state index in [0.717, 1.165) is 12.0 Å². The van der Waals surface area contributed by atoms with E-state index >= 15 is 0 Å². The number of ether oxygens (including phenoxy) is 1. The van der Waals surface area contributed by atoms with Gasteiger partial charge in [-0.1, -0.05) is 62.7 Å². The molecule has 0 saturated carbocycles.